The van der Waals surface area contributed by atoms with E-state index in [-0.39, 0.29) is 50.3 Å². The van der Waals surface area contributed by atoms with Gasteiger partial charge in [0.25, 0.3) is 11.5 Å². The smallest absolute Gasteiger partial charge is 0.353 e. The Morgan fingerprint density at radius 2 is 1.89 bits per heavy atom. The number of carbonyl (C=O) groups excluding carboxylic acids is 1. The molecule has 5 rings (SSSR count). The van der Waals surface area contributed by atoms with Gasteiger partial charge in [0.15, 0.2) is 0 Å². The van der Waals surface area contributed by atoms with Crippen LogP contribution in [0.5, 0.6) is 0 Å². The summed E-state index contributed by atoms with van der Waals surface area (Å²) in [6.07, 6.45) is -3.90. The summed E-state index contributed by atoms with van der Waals surface area (Å²) < 4.78 is 70.4. The minimum atomic E-state index is -4.86. The third-order valence-corrected chi connectivity index (χ3v) is 7.57. The van der Waals surface area contributed by atoms with Gasteiger partial charge in [0.2, 0.25) is 5.91 Å². The number of aromatic amines is 1. The molecular formula is C24H24F5N7O2. The quantitative estimate of drug-likeness (QED) is 0.599. The van der Waals surface area contributed by atoms with Gasteiger partial charge in [-0.15, -0.1) is 0 Å². The average Bonchev–Trinajstić information content (AvgIpc) is 3.31. The van der Waals surface area contributed by atoms with Crippen LogP contribution in [0.3, 0.4) is 0 Å². The zero-order valence-corrected chi connectivity index (χ0v) is 20.1. The number of nitrogens with zero attached hydrogens (tertiary/aromatic N) is 6. The van der Waals surface area contributed by atoms with Crippen molar-refractivity contribution in [1.82, 2.24) is 25.0 Å². The van der Waals surface area contributed by atoms with Crippen LogP contribution in [0.1, 0.15) is 41.3 Å². The summed E-state index contributed by atoms with van der Waals surface area (Å²) in [7, 11) is 0. The molecule has 2 atom stereocenters. The number of amides is 1. The number of carbonyl (C=O) groups is 1. The normalized spacial score (nSPS) is 23.7. The number of rotatable bonds is 3. The maximum absolute atomic E-state index is 15.0. The van der Waals surface area contributed by atoms with Gasteiger partial charge in [-0.05, 0) is 30.5 Å². The molecule has 1 amide bonds. The number of piperazine rings is 1. The van der Waals surface area contributed by atoms with Crippen LogP contribution in [-0.2, 0) is 17.4 Å². The number of H-pyrrole nitrogens is 1. The first-order chi connectivity index (χ1) is 18.0. The Balaban J connectivity index is 1.29. The van der Waals surface area contributed by atoms with Gasteiger partial charge >= 0.3 is 6.18 Å². The molecule has 0 saturated carbocycles. The van der Waals surface area contributed by atoms with Crippen LogP contribution < -0.4 is 10.5 Å². The van der Waals surface area contributed by atoms with Crippen LogP contribution in [0.4, 0.5) is 27.8 Å². The van der Waals surface area contributed by atoms with Gasteiger partial charge in [0.05, 0.1) is 17.3 Å². The zero-order valence-electron chi connectivity index (χ0n) is 20.1. The molecule has 2 aromatic heterocycles. The molecule has 2 fully saturated rings. The SMILES string of the molecule is N#Cc1ccc(N2CCN(C(=O)C3CN(C4CCc5c4n[nH]c(=O)c5C(F)(F)F)CCC3(F)F)CC2)nc1. The fourth-order valence-electron chi connectivity index (χ4n) is 5.58. The lowest BCUT2D eigenvalue weighted by atomic mass is 9.90. The minimum absolute atomic E-state index is 0.0249. The van der Waals surface area contributed by atoms with E-state index in [1.807, 2.05) is 16.1 Å². The van der Waals surface area contributed by atoms with Crippen LogP contribution in [0, 0.1) is 17.2 Å². The molecule has 3 aliphatic rings. The highest BCUT2D eigenvalue weighted by Gasteiger charge is 2.52. The molecule has 0 aromatic carbocycles. The van der Waals surface area contributed by atoms with Crippen molar-refractivity contribution in [2.75, 3.05) is 44.2 Å². The van der Waals surface area contributed by atoms with Crippen molar-refractivity contribution < 1.29 is 26.7 Å². The lowest BCUT2D eigenvalue weighted by Crippen LogP contribution is -2.58. The highest BCUT2D eigenvalue weighted by atomic mass is 19.4. The second kappa shape index (κ2) is 9.61. The number of nitriles is 1. The van der Waals surface area contributed by atoms with Gasteiger partial charge in [0.1, 0.15) is 23.4 Å². The van der Waals surface area contributed by atoms with Crippen molar-refractivity contribution in [3.05, 3.63) is 51.1 Å². The third-order valence-electron chi connectivity index (χ3n) is 7.57. The first-order valence-corrected chi connectivity index (χ1v) is 12.2. The minimum Gasteiger partial charge on any atom is -0.353 e. The Morgan fingerprint density at radius 1 is 1.16 bits per heavy atom. The van der Waals surface area contributed by atoms with E-state index in [4.69, 9.17) is 5.26 Å². The molecular weight excluding hydrogens is 513 g/mol. The summed E-state index contributed by atoms with van der Waals surface area (Å²) in [5.74, 6) is -4.99. The van der Waals surface area contributed by atoms with E-state index in [1.54, 1.807) is 17.0 Å². The third kappa shape index (κ3) is 4.70. The second-order valence-electron chi connectivity index (χ2n) is 9.73. The van der Waals surface area contributed by atoms with Gasteiger partial charge in [0, 0.05) is 51.9 Å². The summed E-state index contributed by atoms with van der Waals surface area (Å²) in [4.78, 5) is 34.2. The van der Waals surface area contributed by atoms with Gasteiger partial charge < -0.3 is 9.80 Å². The van der Waals surface area contributed by atoms with Gasteiger partial charge in [-0.25, -0.2) is 18.9 Å². The first-order valence-electron chi connectivity index (χ1n) is 12.2. The first kappa shape index (κ1) is 26.0. The Hall–Kier alpha value is -3.60. The van der Waals surface area contributed by atoms with Crippen LogP contribution in [-0.4, -0.2) is 76.1 Å². The van der Waals surface area contributed by atoms with E-state index in [0.29, 0.717) is 24.5 Å². The molecule has 0 radical (unpaired) electrons. The average molecular weight is 537 g/mol. The van der Waals surface area contributed by atoms with Gasteiger partial charge in [-0.1, -0.05) is 0 Å². The van der Waals surface area contributed by atoms with Crippen LogP contribution in [0.2, 0.25) is 0 Å². The molecule has 1 aliphatic carbocycles. The molecule has 9 nitrogen and oxygen atoms in total. The van der Waals surface area contributed by atoms with E-state index in [1.165, 1.54) is 11.1 Å². The van der Waals surface area contributed by atoms with Crippen molar-refractivity contribution >= 4 is 11.7 Å². The Labute approximate surface area is 213 Å². The number of hydrogen-bond donors (Lipinski definition) is 1. The van der Waals surface area contributed by atoms with Crippen LogP contribution in [0.25, 0.3) is 0 Å². The fraction of sp³-hybridized carbons (Fsp3) is 0.542. The van der Waals surface area contributed by atoms with Crippen molar-refractivity contribution in [2.45, 2.75) is 37.4 Å². The number of aromatic nitrogens is 3. The Kier molecular flexibility index (Phi) is 6.58. The molecule has 38 heavy (non-hydrogen) atoms. The summed E-state index contributed by atoms with van der Waals surface area (Å²) in [6, 6.07) is 4.60. The largest absolute Gasteiger partial charge is 0.422 e. The molecule has 202 valence electrons. The number of alkyl halides is 5. The molecule has 2 aliphatic heterocycles. The molecule has 0 spiro atoms. The standard InChI is InChI=1S/C24H24F5N7O2/c25-23(26)5-6-36(17-3-2-15-19(24(27,28)29)21(37)33-32-20(15)17)13-16(23)22(38)35-9-7-34(8-10-35)18-4-1-14(11-30)12-31-18/h1,4,12,16-17H,2-3,5-10,13H2,(H,33,37). The van der Waals surface area contributed by atoms with Crippen molar-refractivity contribution in [1.29, 1.82) is 5.26 Å². The number of nitrogens with one attached hydrogen (secondary N) is 1. The molecule has 1 N–H and O–H groups in total. The number of fused-ring (bicyclic) bond motifs is 1. The second-order valence-corrected chi connectivity index (χ2v) is 9.73. The fourth-order valence-corrected chi connectivity index (χ4v) is 5.58. The van der Waals surface area contributed by atoms with Gasteiger partial charge in [-0.2, -0.15) is 23.5 Å². The van der Waals surface area contributed by atoms with Crippen LogP contribution in [0.15, 0.2) is 23.1 Å². The van der Waals surface area contributed by atoms with E-state index in [2.05, 4.69) is 10.1 Å². The maximum Gasteiger partial charge on any atom is 0.422 e. The summed E-state index contributed by atoms with van der Waals surface area (Å²) >= 11 is 0. The predicted octanol–water partition coefficient (Wildman–Crippen LogP) is 2.35. The number of anilines is 1. The Bertz CT molecular complexity index is 1310. The topological polar surface area (TPSA) is 109 Å². The zero-order chi connectivity index (χ0) is 27.2. The maximum atomic E-state index is 15.0. The van der Waals surface area contributed by atoms with E-state index in [9.17, 15) is 31.5 Å². The van der Waals surface area contributed by atoms with Crippen molar-refractivity contribution in [3.8, 4) is 6.07 Å². The highest BCUT2D eigenvalue weighted by molar-refractivity contribution is 5.80. The van der Waals surface area contributed by atoms with Gasteiger partial charge in [-0.3, -0.25) is 14.5 Å². The van der Waals surface area contributed by atoms with Crippen LogP contribution >= 0.6 is 0 Å². The molecule has 0 bridgehead atoms. The molecule has 14 heteroatoms. The molecule has 2 aromatic rings. The lowest BCUT2D eigenvalue weighted by Gasteiger charge is -2.43. The summed E-state index contributed by atoms with van der Waals surface area (Å²) in [5, 5.41) is 14.7. The Morgan fingerprint density at radius 3 is 2.53 bits per heavy atom. The summed E-state index contributed by atoms with van der Waals surface area (Å²) in [5.41, 5.74) is -2.40. The number of likely N-dealkylation sites (tertiary alicyclic amines) is 1. The molecule has 2 unspecified atom stereocenters. The number of halogens is 5. The van der Waals surface area contributed by atoms with E-state index in [0.717, 1.165) is 0 Å². The van der Waals surface area contributed by atoms with Crippen molar-refractivity contribution in [3.63, 3.8) is 0 Å². The van der Waals surface area contributed by atoms with Crippen molar-refractivity contribution in [2.24, 2.45) is 5.92 Å². The number of hydrogen-bond acceptors (Lipinski definition) is 7. The predicted molar refractivity (Wildman–Crippen MR) is 123 cm³/mol. The highest BCUT2D eigenvalue weighted by Crippen LogP contribution is 2.43. The monoisotopic (exact) mass is 537 g/mol. The number of piperidine rings is 1. The van der Waals surface area contributed by atoms with E-state index >= 15 is 0 Å². The van der Waals surface area contributed by atoms with E-state index < -0.39 is 47.5 Å². The lowest BCUT2D eigenvalue weighted by molar-refractivity contribution is -0.162. The number of pyridine rings is 1. The molecule has 4 heterocycles. The summed E-state index contributed by atoms with van der Waals surface area (Å²) in [6.45, 7) is 0.727. The molecule has 2 saturated heterocycles.